The van der Waals surface area contributed by atoms with Gasteiger partial charge in [0.1, 0.15) is 23.4 Å². The number of nitrogens with one attached hydrogen (secondary N) is 1. The number of aldehydes is 1. The topological polar surface area (TPSA) is 138 Å². The Morgan fingerprint density at radius 2 is 2.15 bits per heavy atom. The van der Waals surface area contributed by atoms with Gasteiger partial charge in [-0.2, -0.15) is 5.26 Å². The molecule has 2 aromatic rings. The Hall–Kier alpha value is -3.88. The third-order valence-electron chi connectivity index (χ3n) is 7.83. The van der Waals surface area contributed by atoms with Crippen LogP contribution in [0.3, 0.4) is 0 Å². The first kappa shape index (κ1) is 26.7. The second-order valence-electron chi connectivity index (χ2n) is 10.4. The smallest absolute Gasteiger partial charge is 0.328 e. The van der Waals surface area contributed by atoms with Crippen molar-refractivity contribution in [1.29, 1.82) is 5.26 Å². The van der Waals surface area contributed by atoms with Gasteiger partial charge in [-0.3, -0.25) is 19.8 Å². The minimum Gasteiger partial charge on any atom is -0.379 e. The Bertz CT molecular complexity index is 1320. The van der Waals surface area contributed by atoms with Crippen molar-refractivity contribution in [3.05, 3.63) is 46.3 Å². The maximum Gasteiger partial charge on any atom is 0.328 e. The van der Waals surface area contributed by atoms with Gasteiger partial charge in [-0.25, -0.2) is 14.8 Å². The molecule has 3 aliphatic rings. The monoisotopic (exact) mass is 532 g/mol. The molecule has 2 fully saturated rings. The van der Waals surface area contributed by atoms with Crippen LogP contribution in [-0.4, -0.2) is 72.6 Å². The summed E-state index contributed by atoms with van der Waals surface area (Å²) in [6.45, 7) is 4.38. The summed E-state index contributed by atoms with van der Waals surface area (Å²) in [5.41, 5.74) is 2.98. The van der Waals surface area contributed by atoms with Crippen molar-refractivity contribution in [2.45, 2.75) is 45.3 Å². The minimum atomic E-state index is -0.418. The molecule has 1 N–H and O–H groups in total. The molecule has 3 amide bonds. The van der Waals surface area contributed by atoms with E-state index in [0.717, 1.165) is 24.0 Å². The first-order valence-corrected chi connectivity index (χ1v) is 13.3. The van der Waals surface area contributed by atoms with Gasteiger partial charge in [0.2, 0.25) is 5.91 Å². The van der Waals surface area contributed by atoms with Gasteiger partial charge < -0.3 is 14.4 Å². The molecule has 39 heavy (non-hydrogen) atoms. The standard InChI is InChI=1S/C28H32N6O5/c1-17-5-7-33(27(17)36)13-20-8-18-4-3-6-34(26(18)31-23(20)14-35)28(37)32-25-10-19(22(11-29)12-30-25)9-21-15-39-16-24(21)38-2/h8,10,12,14,17,21,24H,3-7,9,13,15-16H2,1-2H3,(H,30,32,37)/t17-,21+,24+/m0/s1. The molecule has 0 radical (unpaired) electrons. The molecule has 5 rings (SSSR count). The number of hydrogen-bond donors (Lipinski definition) is 1. The molecule has 0 spiro atoms. The summed E-state index contributed by atoms with van der Waals surface area (Å²) >= 11 is 0. The lowest BCUT2D eigenvalue weighted by Crippen LogP contribution is -2.40. The van der Waals surface area contributed by atoms with Crippen LogP contribution in [0.4, 0.5) is 16.4 Å². The van der Waals surface area contributed by atoms with Crippen LogP contribution in [0.1, 0.15) is 52.5 Å². The number of aromatic nitrogens is 2. The van der Waals surface area contributed by atoms with Crippen LogP contribution in [0, 0.1) is 23.2 Å². The number of urea groups is 1. The largest absolute Gasteiger partial charge is 0.379 e. The predicted molar refractivity (Wildman–Crippen MR) is 141 cm³/mol. The third kappa shape index (κ3) is 5.48. The zero-order valence-corrected chi connectivity index (χ0v) is 22.2. The van der Waals surface area contributed by atoms with E-state index in [9.17, 15) is 19.6 Å². The summed E-state index contributed by atoms with van der Waals surface area (Å²) in [7, 11) is 1.64. The van der Waals surface area contributed by atoms with Crippen molar-refractivity contribution in [3.8, 4) is 6.07 Å². The molecule has 2 aromatic heterocycles. The highest BCUT2D eigenvalue weighted by Gasteiger charge is 2.31. The number of likely N-dealkylation sites (tertiary alicyclic amines) is 1. The fourth-order valence-corrected chi connectivity index (χ4v) is 5.57. The van der Waals surface area contributed by atoms with E-state index < -0.39 is 6.03 Å². The Balaban J connectivity index is 1.35. The van der Waals surface area contributed by atoms with Gasteiger partial charge in [-0.1, -0.05) is 6.92 Å². The number of nitriles is 1. The Kier molecular flexibility index (Phi) is 7.86. The highest BCUT2D eigenvalue weighted by atomic mass is 16.5. The number of anilines is 2. The molecule has 5 heterocycles. The molecular weight excluding hydrogens is 500 g/mol. The molecule has 0 aromatic carbocycles. The first-order chi connectivity index (χ1) is 18.9. The van der Waals surface area contributed by atoms with Gasteiger partial charge in [0.25, 0.3) is 0 Å². The molecule has 3 aliphatic heterocycles. The SMILES string of the molecule is CO[C@@H]1COC[C@H]1Cc1cc(NC(=O)N2CCCc3cc(CN4CC[C@H](C)C4=O)c(C=O)nc32)ncc1C#N. The molecular formula is C28H32N6O5. The number of nitrogens with zero attached hydrogens (tertiary/aromatic N) is 5. The quantitative estimate of drug-likeness (QED) is 0.538. The van der Waals surface area contributed by atoms with E-state index in [0.29, 0.717) is 74.7 Å². The van der Waals surface area contributed by atoms with Crippen molar-refractivity contribution >= 4 is 29.9 Å². The number of methoxy groups -OCH3 is 1. The van der Waals surface area contributed by atoms with Gasteiger partial charge in [0, 0.05) is 50.3 Å². The van der Waals surface area contributed by atoms with Gasteiger partial charge in [0.15, 0.2) is 6.29 Å². The third-order valence-corrected chi connectivity index (χ3v) is 7.83. The maximum absolute atomic E-state index is 13.4. The summed E-state index contributed by atoms with van der Waals surface area (Å²) < 4.78 is 11.0. The Labute approximate surface area is 227 Å². The van der Waals surface area contributed by atoms with Crippen molar-refractivity contribution in [2.75, 3.05) is 43.6 Å². The van der Waals surface area contributed by atoms with Crippen LogP contribution in [-0.2, 0) is 33.7 Å². The number of aryl methyl sites for hydroxylation is 1. The molecule has 3 atom stereocenters. The molecule has 0 saturated carbocycles. The lowest BCUT2D eigenvalue weighted by molar-refractivity contribution is -0.131. The van der Waals surface area contributed by atoms with Crippen LogP contribution in [0.15, 0.2) is 18.3 Å². The number of hydrogen-bond acceptors (Lipinski definition) is 8. The predicted octanol–water partition coefficient (Wildman–Crippen LogP) is 2.72. The molecule has 0 bridgehead atoms. The molecule has 11 heteroatoms. The average Bonchev–Trinajstić information content (AvgIpc) is 3.53. The maximum atomic E-state index is 13.4. The van der Waals surface area contributed by atoms with Crippen molar-refractivity contribution < 1.29 is 23.9 Å². The van der Waals surface area contributed by atoms with Crippen LogP contribution in [0.5, 0.6) is 0 Å². The highest BCUT2D eigenvalue weighted by Crippen LogP contribution is 2.30. The number of ether oxygens (including phenoxy) is 2. The second kappa shape index (κ2) is 11.5. The van der Waals surface area contributed by atoms with Gasteiger partial charge in [-0.05, 0) is 48.9 Å². The highest BCUT2D eigenvalue weighted by molar-refractivity contribution is 6.01. The summed E-state index contributed by atoms with van der Waals surface area (Å²) in [6.07, 6.45) is 4.89. The van der Waals surface area contributed by atoms with Crippen LogP contribution in [0.25, 0.3) is 0 Å². The summed E-state index contributed by atoms with van der Waals surface area (Å²) in [5.74, 6) is 0.923. The molecule has 2 saturated heterocycles. The summed E-state index contributed by atoms with van der Waals surface area (Å²) in [6, 6.07) is 5.37. The van der Waals surface area contributed by atoms with Crippen LogP contribution < -0.4 is 10.2 Å². The lowest BCUT2D eigenvalue weighted by atomic mass is 9.94. The number of rotatable bonds is 7. The Morgan fingerprint density at radius 3 is 2.87 bits per heavy atom. The van der Waals surface area contributed by atoms with Crippen molar-refractivity contribution in [3.63, 3.8) is 0 Å². The molecule has 0 unspecified atom stereocenters. The fourth-order valence-electron chi connectivity index (χ4n) is 5.57. The second-order valence-corrected chi connectivity index (χ2v) is 10.4. The molecule has 0 aliphatic carbocycles. The number of carbonyl (C=O) groups is 3. The van der Waals surface area contributed by atoms with Crippen LogP contribution in [0.2, 0.25) is 0 Å². The zero-order chi connectivity index (χ0) is 27.5. The van der Waals surface area contributed by atoms with E-state index in [-0.39, 0.29) is 29.5 Å². The molecule has 204 valence electrons. The van der Waals surface area contributed by atoms with Crippen molar-refractivity contribution in [2.24, 2.45) is 11.8 Å². The van der Waals surface area contributed by atoms with E-state index in [2.05, 4.69) is 21.4 Å². The van der Waals surface area contributed by atoms with E-state index in [1.54, 1.807) is 18.1 Å². The fraction of sp³-hybridized carbons (Fsp3) is 0.500. The number of fused-ring (bicyclic) bond motifs is 1. The summed E-state index contributed by atoms with van der Waals surface area (Å²) in [4.78, 5) is 49.9. The lowest BCUT2D eigenvalue weighted by Gasteiger charge is -2.29. The van der Waals surface area contributed by atoms with Gasteiger partial charge in [0.05, 0.1) is 24.9 Å². The summed E-state index contributed by atoms with van der Waals surface area (Å²) in [5, 5.41) is 12.4. The van der Waals surface area contributed by atoms with E-state index >= 15 is 0 Å². The van der Waals surface area contributed by atoms with E-state index in [4.69, 9.17) is 9.47 Å². The number of amides is 3. The molecule has 11 nitrogen and oxygen atoms in total. The van der Waals surface area contributed by atoms with Crippen molar-refractivity contribution in [1.82, 2.24) is 14.9 Å². The first-order valence-electron chi connectivity index (χ1n) is 13.3. The number of carbonyl (C=O) groups excluding carboxylic acids is 3. The zero-order valence-electron chi connectivity index (χ0n) is 22.2. The van der Waals surface area contributed by atoms with Gasteiger partial charge in [-0.15, -0.1) is 0 Å². The number of pyridine rings is 2. The van der Waals surface area contributed by atoms with Gasteiger partial charge >= 0.3 is 6.03 Å². The Morgan fingerprint density at radius 1 is 1.31 bits per heavy atom. The van der Waals surface area contributed by atoms with E-state index in [1.807, 2.05) is 13.0 Å². The van der Waals surface area contributed by atoms with Crippen LogP contribution >= 0.6 is 0 Å². The van der Waals surface area contributed by atoms with E-state index in [1.165, 1.54) is 11.1 Å². The minimum absolute atomic E-state index is 0.0151. The normalized spacial score (nSPS) is 22.5. The average molecular weight is 533 g/mol.